The van der Waals surface area contributed by atoms with Gasteiger partial charge in [-0.05, 0) is 5.56 Å². The Bertz CT molecular complexity index is 242. The average Bonchev–Trinajstić information content (AvgIpc) is 2.03. The topological polar surface area (TPSA) is 20.2 Å². The molecule has 0 bridgehead atoms. The number of alkyl halides is 3. The first kappa shape index (κ1) is 9.06. The maximum Gasteiger partial charge on any atom is 0.425 e. The van der Waals surface area contributed by atoms with E-state index in [1.54, 1.807) is 6.07 Å². The molecule has 0 saturated carbocycles. The van der Waals surface area contributed by atoms with Crippen LogP contribution in [0, 0.1) is 6.10 Å². The van der Waals surface area contributed by atoms with Crippen LogP contribution >= 0.6 is 0 Å². The molecule has 1 radical (unpaired) electrons. The van der Waals surface area contributed by atoms with E-state index in [0.29, 0.717) is 0 Å². The Morgan fingerprint density at radius 2 is 1.58 bits per heavy atom. The van der Waals surface area contributed by atoms with Crippen molar-refractivity contribution in [2.45, 2.75) is 6.18 Å². The lowest BCUT2D eigenvalue weighted by Gasteiger charge is -2.12. The van der Waals surface area contributed by atoms with Crippen LogP contribution in [-0.2, 0) is 0 Å². The van der Waals surface area contributed by atoms with Gasteiger partial charge in [0, 0.05) is 0 Å². The zero-order valence-electron chi connectivity index (χ0n) is 5.97. The smallest absolute Gasteiger partial charge is 0.374 e. The van der Waals surface area contributed by atoms with E-state index in [1.165, 1.54) is 24.3 Å². The summed E-state index contributed by atoms with van der Waals surface area (Å²) < 4.78 is 35.5. The highest BCUT2D eigenvalue weighted by Gasteiger charge is 2.40. The third kappa shape index (κ3) is 1.98. The molecule has 0 atom stereocenters. The van der Waals surface area contributed by atoms with Crippen molar-refractivity contribution in [2.24, 2.45) is 0 Å². The molecule has 0 fully saturated rings. The van der Waals surface area contributed by atoms with Crippen LogP contribution in [0.15, 0.2) is 30.3 Å². The summed E-state index contributed by atoms with van der Waals surface area (Å²) in [6.07, 6.45) is -6.22. The fourth-order valence-electron chi connectivity index (χ4n) is 0.760. The van der Waals surface area contributed by atoms with Crippen molar-refractivity contribution in [3.63, 3.8) is 0 Å². The van der Waals surface area contributed by atoms with Crippen LogP contribution in [0.2, 0.25) is 0 Å². The second kappa shape index (κ2) is 3.15. The van der Waals surface area contributed by atoms with Crippen molar-refractivity contribution in [3.05, 3.63) is 42.0 Å². The van der Waals surface area contributed by atoms with Crippen molar-refractivity contribution in [1.29, 1.82) is 0 Å². The maximum atomic E-state index is 11.8. The lowest BCUT2D eigenvalue weighted by Crippen LogP contribution is -2.20. The van der Waals surface area contributed by atoms with Gasteiger partial charge in [0.05, 0.1) is 0 Å². The monoisotopic (exact) mass is 175 g/mol. The van der Waals surface area contributed by atoms with Crippen molar-refractivity contribution >= 4 is 0 Å². The third-order valence-corrected chi connectivity index (χ3v) is 1.32. The molecule has 4 heteroatoms. The lowest BCUT2D eigenvalue weighted by molar-refractivity contribution is -0.146. The zero-order valence-corrected chi connectivity index (χ0v) is 5.97. The Balaban J connectivity index is 2.86. The van der Waals surface area contributed by atoms with Gasteiger partial charge in [0.1, 0.15) is 0 Å². The summed E-state index contributed by atoms with van der Waals surface area (Å²) in [7, 11) is 0. The minimum Gasteiger partial charge on any atom is -0.374 e. The van der Waals surface area contributed by atoms with Gasteiger partial charge in [-0.25, -0.2) is 0 Å². The molecule has 0 aliphatic heterocycles. The van der Waals surface area contributed by atoms with Gasteiger partial charge in [0.2, 0.25) is 6.10 Å². The van der Waals surface area contributed by atoms with E-state index >= 15 is 0 Å². The van der Waals surface area contributed by atoms with Gasteiger partial charge in [-0.1, -0.05) is 30.3 Å². The molecule has 0 unspecified atom stereocenters. The number of aliphatic hydroxyl groups excluding tert-OH is 1. The van der Waals surface area contributed by atoms with Crippen LogP contribution in [0.4, 0.5) is 13.2 Å². The first-order valence-electron chi connectivity index (χ1n) is 3.20. The molecule has 0 saturated heterocycles. The number of rotatable bonds is 1. The molecule has 0 aliphatic rings. The van der Waals surface area contributed by atoms with E-state index in [-0.39, 0.29) is 5.56 Å². The SMILES string of the molecule is O[C](c1ccccc1)C(F)(F)F. The minimum absolute atomic E-state index is 0.218. The van der Waals surface area contributed by atoms with Crippen LogP contribution in [-0.4, -0.2) is 11.3 Å². The standard InChI is InChI=1S/C8H6F3O/c9-8(10,11)7(12)6-4-2-1-3-5-6/h1-5,12H. The third-order valence-electron chi connectivity index (χ3n) is 1.32. The fourth-order valence-corrected chi connectivity index (χ4v) is 0.760. The van der Waals surface area contributed by atoms with Gasteiger partial charge in [0.25, 0.3) is 0 Å². The number of aliphatic hydroxyl groups is 1. The molecule has 1 nitrogen and oxygen atoms in total. The molecule has 1 aromatic rings. The Morgan fingerprint density at radius 1 is 1.08 bits per heavy atom. The Morgan fingerprint density at radius 3 is 2.00 bits per heavy atom. The summed E-state index contributed by atoms with van der Waals surface area (Å²) in [4.78, 5) is 0. The molecule has 0 heterocycles. The van der Waals surface area contributed by atoms with Crippen LogP contribution in [0.1, 0.15) is 5.56 Å². The fraction of sp³-hybridized carbons (Fsp3) is 0.125. The van der Waals surface area contributed by atoms with E-state index < -0.39 is 12.3 Å². The van der Waals surface area contributed by atoms with Gasteiger partial charge < -0.3 is 5.11 Å². The van der Waals surface area contributed by atoms with Crippen molar-refractivity contribution in [1.82, 2.24) is 0 Å². The zero-order chi connectivity index (χ0) is 9.19. The van der Waals surface area contributed by atoms with Crippen LogP contribution < -0.4 is 0 Å². The van der Waals surface area contributed by atoms with Crippen molar-refractivity contribution in [3.8, 4) is 0 Å². The molecule has 0 spiro atoms. The highest BCUT2D eigenvalue weighted by Crippen LogP contribution is 2.30. The van der Waals surface area contributed by atoms with Crippen LogP contribution in [0.5, 0.6) is 0 Å². The quantitative estimate of drug-likeness (QED) is 0.695. The Labute approximate surface area is 67.5 Å². The summed E-state index contributed by atoms with van der Waals surface area (Å²) in [6, 6.07) is 6.83. The summed E-state index contributed by atoms with van der Waals surface area (Å²) in [5.74, 6) is 0. The highest BCUT2D eigenvalue weighted by molar-refractivity contribution is 5.28. The average molecular weight is 175 g/mol. The molecular formula is C8H6F3O. The lowest BCUT2D eigenvalue weighted by atomic mass is 10.1. The van der Waals surface area contributed by atoms with Gasteiger partial charge >= 0.3 is 6.18 Å². The maximum absolute atomic E-state index is 11.8. The summed E-state index contributed by atoms with van der Waals surface area (Å²) in [5, 5.41) is 8.65. The first-order valence-corrected chi connectivity index (χ1v) is 3.20. The van der Waals surface area contributed by atoms with E-state index in [2.05, 4.69) is 0 Å². The second-order valence-corrected chi connectivity index (χ2v) is 2.21. The molecule has 0 aliphatic carbocycles. The summed E-state index contributed by atoms with van der Waals surface area (Å²) >= 11 is 0. The predicted octanol–water partition coefficient (Wildman–Crippen LogP) is 2.50. The number of benzene rings is 1. The second-order valence-electron chi connectivity index (χ2n) is 2.21. The van der Waals surface area contributed by atoms with Crippen molar-refractivity contribution in [2.75, 3.05) is 0 Å². The highest BCUT2D eigenvalue weighted by atomic mass is 19.4. The van der Waals surface area contributed by atoms with Crippen LogP contribution in [0.25, 0.3) is 0 Å². The first-order chi connectivity index (χ1) is 5.52. The molecule has 0 amide bonds. The number of halogens is 3. The summed E-state index contributed by atoms with van der Waals surface area (Å²) in [5.41, 5.74) is -0.218. The van der Waals surface area contributed by atoms with Gasteiger partial charge in [-0.3, -0.25) is 0 Å². The Hall–Kier alpha value is -1.03. The minimum atomic E-state index is -4.67. The molecule has 1 N–H and O–H groups in total. The molecule has 1 aromatic carbocycles. The molecule has 0 aromatic heterocycles. The van der Waals surface area contributed by atoms with Crippen LogP contribution in [0.3, 0.4) is 0 Å². The van der Waals surface area contributed by atoms with E-state index in [1.807, 2.05) is 0 Å². The number of hydrogen-bond acceptors (Lipinski definition) is 1. The number of hydrogen-bond donors (Lipinski definition) is 1. The van der Waals surface area contributed by atoms with Gasteiger partial charge in [-0.15, -0.1) is 0 Å². The van der Waals surface area contributed by atoms with E-state index in [4.69, 9.17) is 5.11 Å². The molecular weight excluding hydrogens is 169 g/mol. The summed E-state index contributed by atoms with van der Waals surface area (Å²) in [6.45, 7) is 0. The Kier molecular flexibility index (Phi) is 2.38. The van der Waals surface area contributed by atoms with E-state index in [9.17, 15) is 13.2 Å². The molecule has 1 rings (SSSR count). The molecule has 12 heavy (non-hydrogen) atoms. The van der Waals surface area contributed by atoms with E-state index in [0.717, 1.165) is 0 Å². The predicted molar refractivity (Wildman–Crippen MR) is 36.8 cm³/mol. The van der Waals surface area contributed by atoms with Gasteiger partial charge in [-0.2, -0.15) is 13.2 Å². The molecule has 65 valence electrons. The largest absolute Gasteiger partial charge is 0.425 e. The normalized spacial score (nSPS) is 12.1. The van der Waals surface area contributed by atoms with Gasteiger partial charge in [0.15, 0.2) is 0 Å². The van der Waals surface area contributed by atoms with Crippen molar-refractivity contribution < 1.29 is 18.3 Å².